The minimum Gasteiger partial charge on any atom is -0.489 e. The molecule has 0 aliphatic carbocycles. The highest BCUT2D eigenvalue weighted by atomic mass is 32.2. The van der Waals surface area contributed by atoms with Gasteiger partial charge in [-0.1, -0.05) is 84.4 Å². The van der Waals surface area contributed by atoms with Gasteiger partial charge in [-0.25, -0.2) is 0 Å². The third-order valence-corrected chi connectivity index (χ3v) is 7.18. The predicted molar refractivity (Wildman–Crippen MR) is 150 cm³/mol. The quantitative estimate of drug-likeness (QED) is 0.321. The van der Waals surface area contributed by atoms with E-state index < -0.39 is 5.91 Å². The van der Waals surface area contributed by atoms with Gasteiger partial charge < -0.3 is 4.74 Å². The second kappa shape index (κ2) is 9.52. The summed E-state index contributed by atoms with van der Waals surface area (Å²) < 4.78 is 6.02. The summed E-state index contributed by atoms with van der Waals surface area (Å²) in [6, 6.07) is 29.9. The number of amidine groups is 2. The third-order valence-electron chi connectivity index (χ3n) is 6.22. The summed E-state index contributed by atoms with van der Waals surface area (Å²) in [5.41, 5.74) is 4.17. The maximum atomic E-state index is 12.8. The average molecular weight is 503 g/mol. The molecule has 0 radical (unpaired) electrons. The molecule has 0 fully saturated rings. The molecule has 0 atom stereocenters. The first-order chi connectivity index (χ1) is 18.0. The molecule has 0 aromatic heterocycles. The van der Waals surface area contributed by atoms with Gasteiger partial charge in [0.2, 0.25) is 5.17 Å². The number of nitrogens with one attached hydrogen (secondary N) is 1. The van der Waals surface area contributed by atoms with E-state index in [4.69, 9.17) is 10.1 Å². The molecular formula is C30H22N4O2S. The Morgan fingerprint density at radius 1 is 0.946 bits per heavy atom. The fourth-order valence-electron chi connectivity index (χ4n) is 4.21. The van der Waals surface area contributed by atoms with Crippen molar-refractivity contribution in [2.45, 2.75) is 13.5 Å². The molecule has 7 heteroatoms. The smallest absolute Gasteiger partial charge is 0.283 e. The standard InChI is InChI=1S/C30H22N4O2S/c1-19-9-13-22(14-10-19)29-33-34-27(31)26(28(35)32-30(34)37-29)17-20-11-15-24(16-12-20)36-18-23-7-4-6-21-5-2-3-8-25(21)23/h2-17,31H,18H2,1H3/b26-17-,31-27?. The minimum atomic E-state index is -0.444. The first kappa shape index (κ1) is 22.9. The zero-order valence-corrected chi connectivity index (χ0v) is 20.8. The number of carbonyl (C=O) groups is 1. The number of hydrazone groups is 1. The molecule has 2 aliphatic heterocycles. The van der Waals surface area contributed by atoms with Crippen LogP contribution in [0.3, 0.4) is 0 Å². The van der Waals surface area contributed by atoms with Gasteiger partial charge in [0.25, 0.3) is 5.91 Å². The van der Waals surface area contributed by atoms with E-state index in [9.17, 15) is 4.79 Å². The Hall–Kier alpha value is -4.49. The van der Waals surface area contributed by atoms with Crippen molar-refractivity contribution >= 4 is 50.6 Å². The number of aryl methyl sites for hydroxylation is 1. The highest BCUT2D eigenvalue weighted by Crippen LogP contribution is 2.31. The second-order valence-electron chi connectivity index (χ2n) is 8.79. The zero-order valence-electron chi connectivity index (χ0n) is 20.0. The number of amides is 1. The summed E-state index contributed by atoms with van der Waals surface area (Å²) in [7, 11) is 0. The van der Waals surface area contributed by atoms with Crippen LogP contribution in [-0.2, 0) is 11.4 Å². The Balaban J connectivity index is 1.18. The molecule has 0 bridgehead atoms. The lowest BCUT2D eigenvalue weighted by Crippen LogP contribution is -2.35. The molecule has 0 spiro atoms. The molecule has 37 heavy (non-hydrogen) atoms. The molecule has 0 saturated heterocycles. The van der Waals surface area contributed by atoms with Crippen molar-refractivity contribution in [3.8, 4) is 5.75 Å². The van der Waals surface area contributed by atoms with Crippen LogP contribution in [0.15, 0.2) is 107 Å². The lowest BCUT2D eigenvalue weighted by Gasteiger charge is -2.20. The number of hydrogen-bond donors (Lipinski definition) is 1. The van der Waals surface area contributed by atoms with Crippen molar-refractivity contribution in [1.29, 1.82) is 5.41 Å². The molecule has 0 saturated carbocycles. The van der Waals surface area contributed by atoms with E-state index in [1.54, 1.807) is 6.08 Å². The molecule has 2 aliphatic rings. The number of thioether (sulfide) groups is 1. The number of ether oxygens (including phenoxy) is 1. The molecular weight excluding hydrogens is 480 g/mol. The normalized spacial score (nSPS) is 16.1. The number of nitrogens with zero attached hydrogens (tertiary/aromatic N) is 3. The summed E-state index contributed by atoms with van der Waals surface area (Å²) in [6.45, 7) is 2.48. The molecule has 4 aromatic rings. The lowest BCUT2D eigenvalue weighted by molar-refractivity contribution is -0.114. The van der Waals surface area contributed by atoms with Crippen molar-refractivity contribution in [1.82, 2.24) is 5.01 Å². The van der Waals surface area contributed by atoms with Crippen LogP contribution >= 0.6 is 11.8 Å². The van der Waals surface area contributed by atoms with Crippen LogP contribution in [0.4, 0.5) is 0 Å². The topological polar surface area (TPSA) is 78.1 Å². The predicted octanol–water partition coefficient (Wildman–Crippen LogP) is 6.39. The molecule has 0 unspecified atom stereocenters. The van der Waals surface area contributed by atoms with Gasteiger partial charge >= 0.3 is 0 Å². The largest absolute Gasteiger partial charge is 0.489 e. The maximum absolute atomic E-state index is 12.8. The van der Waals surface area contributed by atoms with Crippen molar-refractivity contribution in [2.24, 2.45) is 10.1 Å². The first-order valence-corrected chi connectivity index (χ1v) is 12.6. The number of carbonyl (C=O) groups excluding carboxylic acids is 1. The Morgan fingerprint density at radius 3 is 2.51 bits per heavy atom. The third kappa shape index (κ3) is 4.57. The Labute approximate surface area is 218 Å². The fourth-order valence-corrected chi connectivity index (χ4v) is 5.11. The summed E-state index contributed by atoms with van der Waals surface area (Å²) in [5.74, 6) is 0.296. The highest BCUT2D eigenvalue weighted by molar-refractivity contribution is 8.27. The fraction of sp³-hybridized carbons (Fsp3) is 0.0667. The van der Waals surface area contributed by atoms with Gasteiger partial charge in [-0.2, -0.15) is 15.1 Å². The molecule has 6 nitrogen and oxygen atoms in total. The van der Waals surface area contributed by atoms with E-state index in [1.165, 1.54) is 27.5 Å². The van der Waals surface area contributed by atoms with Gasteiger partial charge in [-0.05, 0) is 58.8 Å². The van der Waals surface area contributed by atoms with Gasteiger partial charge in [0.15, 0.2) is 5.84 Å². The van der Waals surface area contributed by atoms with Crippen LogP contribution in [-0.4, -0.2) is 27.0 Å². The van der Waals surface area contributed by atoms with Gasteiger partial charge in [0.05, 0.1) is 5.57 Å². The number of hydrogen-bond acceptors (Lipinski definition) is 5. The zero-order chi connectivity index (χ0) is 25.4. The van der Waals surface area contributed by atoms with Crippen molar-refractivity contribution in [3.63, 3.8) is 0 Å². The van der Waals surface area contributed by atoms with E-state index in [0.29, 0.717) is 16.8 Å². The molecule has 6 rings (SSSR count). The number of fused-ring (bicyclic) bond motifs is 2. The van der Waals surface area contributed by atoms with E-state index in [0.717, 1.165) is 28.0 Å². The molecule has 1 N–H and O–H groups in total. The van der Waals surface area contributed by atoms with Crippen LogP contribution in [0.25, 0.3) is 16.8 Å². The van der Waals surface area contributed by atoms with E-state index in [1.807, 2.05) is 73.7 Å². The van der Waals surface area contributed by atoms with E-state index in [-0.39, 0.29) is 11.4 Å². The van der Waals surface area contributed by atoms with Gasteiger partial charge in [-0.15, -0.1) is 0 Å². The van der Waals surface area contributed by atoms with Gasteiger partial charge in [-0.3, -0.25) is 10.2 Å². The summed E-state index contributed by atoms with van der Waals surface area (Å²) in [6.07, 6.45) is 1.67. The average Bonchev–Trinajstić information content (AvgIpc) is 3.35. The van der Waals surface area contributed by atoms with Crippen LogP contribution in [0, 0.1) is 12.3 Å². The Morgan fingerprint density at radius 2 is 1.70 bits per heavy atom. The SMILES string of the molecule is Cc1ccc(C2=NN3C(=N)/C(=C/c4ccc(OCc5cccc6ccccc56)cc4)C(=O)N=C3S2)cc1. The van der Waals surface area contributed by atoms with Crippen LogP contribution in [0.1, 0.15) is 22.3 Å². The van der Waals surface area contributed by atoms with E-state index in [2.05, 4.69) is 34.4 Å². The molecule has 4 aromatic carbocycles. The van der Waals surface area contributed by atoms with Gasteiger partial charge in [0, 0.05) is 5.56 Å². The number of benzene rings is 4. The van der Waals surface area contributed by atoms with Crippen LogP contribution in [0.5, 0.6) is 5.75 Å². The summed E-state index contributed by atoms with van der Waals surface area (Å²) >= 11 is 1.30. The molecule has 1 amide bonds. The van der Waals surface area contributed by atoms with Crippen molar-refractivity contribution < 1.29 is 9.53 Å². The minimum absolute atomic E-state index is 0.0147. The first-order valence-electron chi connectivity index (χ1n) is 11.8. The van der Waals surface area contributed by atoms with Crippen LogP contribution in [0.2, 0.25) is 0 Å². The highest BCUT2D eigenvalue weighted by Gasteiger charge is 2.36. The van der Waals surface area contributed by atoms with Crippen molar-refractivity contribution in [3.05, 3.63) is 119 Å². The van der Waals surface area contributed by atoms with Gasteiger partial charge in [0.1, 0.15) is 17.4 Å². The summed E-state index contributed by atoms with van der Waals surface area (Å²) in [5, 5.41) is 18.1. The maximum Gasteiger partial charge on any atom is 0.283 e. The van der Waals surface area contributed by atoms with Crippen molar-refractivity contribution in [2.75, 3.05) is 0 Å². The second-order valence-corrected chi connectivity index (χ2v) is 9.74. The molecule has 180 valence electrons. The van der Waals surface area contributed by atoms with E-state index >= 15 is 0 Å². The summed E-state index contributed by atoms with van der Waals surface area (Å²) in [4.78, 5) is 16.9. The lowest BCUT2D eigenvalue weighted by atomic mass is 10.1. The van der Waals surface area contributed by atoms with Crippen LogP contribution < -0.4 is 4.74 Å². The Bertz CT molecular complexity index is 1630. The number of rotatable bonds is 5. The monoisotopic (exact) mass is 502 g/mol. The number of aliphatic imine (C=N–C) groups is 1. The molecule has 2 heterocycles. The Kier molecular flexibility index (Phi) is 5.90.